The summed E-state index contributed by atoms with van der Waals surface area (Å²) < 4.78 is -0.565. The van der Waals surface area contributed by atoms with Crippen LogP contribution in [0.4, 0.5) is 0 Å². The average molecular weight is 519 g/mol. The molecule has 0 aliphatic heterocycles. The van der Waals surface area contributed by atoms with E-state index in [2.05, 4.69) is 48.6 Å². The molecule has 1 aromatic carbocycles. The number of alkyl halides is 2. The third-order valence-corrected chi connectivity index (χ3v) is 11.3. The molecule has 0 N–H and O–H groups in total. The molecule has 0 saturated heterocycles. The molecule has 0 bridgehead atoms. The molecule has 0 aromatic heterocycles. The Hall–Kier alpha value is -0.140. The molecule has 0 amide bonds. The third kappa shape index (κ3) is 4.05. The Balaban J connectivity index is 0.00000205. The predicted octanol–water partition coefficient (Wildman–Crippen LogP) is 6.52. The van der Waals surface area contributed by atoms with Gasteiger partial charge in [-0.1, -0.05) is 48.6 Å². The van der Waals surface area contributed by atoms with Gasteiger partial charge >= 0.3 is 0 Å². The Bertz CT molecular complexity index is 914. The molecular weight excluding hydrogens is 490 g/mol. The second-order valence-electron chi connectivity index (χ2n) is 8.93. The topological polar surface area (TPSA) is 0 Å². The zero-order chi connectivity index (χ0) is 19.2. The molecule has 0 fully saturated rings. The van der Waals surface area contributed by atoms with E-state index < -0.39 is 9.52 Å². The van der Waals surface area contributed by atoms with E-state index in [0.717, 1.165) is 19.3 Å². The number of hydrogen-bond acceptors (Lipinski definition) is 0. The molecule has 29 heavy (non-hydrogen) atoms. The van der Waals surface area contributed by atoms with Gasteiger partial charge in [-0.25, -0.2) is 0 Å². The smallest absolute Gasteiger partial charge is 0.0911 e. The molecule has 2 atom stereocenters. The van der Waals surface area contributed by atoms with E-state index in [1.807, 2.05) is 0 Å². The number of halogens is 2. The second-order valence-corrected chi connectivity index (χ2v) is 13.7. The standard InChI is InChI=1S/C25H28Cl2Si.Zr/c26-24(15-14-19-10-4-6-12-22(19)24)28-25(27)21(16-18-8-2-1-3-9-18)17-20-11-5-7-13-23(20)25;/h1-3,8-9,14-15,17H,4-7,10-13,16,28H2;. The van der Waals surface area contributed by atoms with Crippen molar-refractivity contribution in [3.05, 3.63) is 82.0 Å². The Labute approximate surface area is 206 Å². The number of hydrogen-bond donors (Lipinski definition) is 0. The predicted molar refractivity (Wildman–Crippen MR) is 124 cm³/mol. The van der Waals surface area contributed by atoms with Gasteiger partial charge in [0.2, 0.25) is 0 Å². The summed E-state index contributed by atoms with van der Waals surface area (Å²) in [5.41, 5.74) is 8.85. The molecule has 0 nitrogen and oxygen atoms in total. The molecule has 1 aromatic rings. The van der Waals surface area contributed by atoms with Crippen LogP contribution >= 0.6 is 23.2 Å². The zero-order valence-corrected chi connectivity index (χ0v) is 22.3. The van der Waals surface area contributed by atoms with Crippen molar-refractivity contribution in [2.75, 3.05) is 0 Å². The van der Waals surface area contributed by atoms with Gasteiger partial charge in [-0.15, -0.1) is 23.2 Å². The van der Waals surface area contributed by atoms with Gasteiger partial charge in [-0.2, -0.15) is 0 Å². The van der Waals surface area contributed by atoms with Gasteiger partial charge in [-0.3, -0.25) is 0 Å². The normalized spacial score (nSPS) is 31.2. The first-order chi connectivity index (χ1) is 13.6. The van der Waals surface area contributed by atoms with Crippen LogP contribution < -0.4 is 0 Å². The third-order valence-electron chi connectivity index (χ3n) is 7.15. The fourth-order valence-electron chi connectivity index (χ4n) is 5.73. The van der Waals surface area contributed by atoms with Crippen LogP contribution in [-0.4, -0.2) is 18.5 Å². The second kappa shape index (κ2) is 8.78. The minimum absolute atomic E-state index is 0. The maximum absolute atomic E-state index is 7.66. The Morgan fingerprint density at radius 1 is 0.828 bits per heavy atom. The van der Waals surface area contributed by atoms with E-state index in [-0.39, 0.29) is 35.2 Å². The van der Waals surface area contributed by atoms with Crippen LogP contribution in [0.1, 0.15) is 56.9 Å². The molecule has 4 aliphatic rings. The van der Waals surface area contributed by atoms with Gasteiger partial charge in [-0.05, 0) is 91.2 Å². The summed E-state index contributed by atoms with van der Waals surface area (Å²) in [4.78, 5) is 0. The number of rotatable bonds is 4. The van der Waals surface area contributed by atoms with Gasteiger partial charge in [0.1, 0.15) is 0 Å². The molecule has 0 radical (unpaired) electrons. The van der Waals surface area contributed by atoms with Crippen LogP contribution in [0.5, 0.6) is 0 Å². The van der Waals surface area contributed by atoms with E-state index in [1.165, 1.54) is 72.0 Å². The van der Waals surface area contributed by atoms with Crippen molar-refractivity contribution in [3.8, 4) is 0 Å². The van der Waals surface area contributed by atoms with Gasteiger partial charge in [0.05, 0.1) is 18.5 Å². The molecule has 0 heterocycles. The SMILES string of the molecule is ClC1([SiH2]C2(Cl)C(Cc3ccccc3)=CC3=C2CCCC3)C=CC2=C1CCCC2.[Zr]. The van der Waals surface area contributed by atoms with Gasteiger partial charge < -0.3 is 0 Å². The first-order valence-corrected chi connectivity index (χ1v) is 13.0. The molecule has 0 saturated carbocycles. The minimum Gasteiger partial charge on any atom is -0.114 e. The summed E-state index contributed by atoms with van der Waals surface area (Å²) in [7, 11) is -0.863. The average Bonchev–Trinajstić information content (AvgIpc) is 3.18. The van der Waals surface area contributed by atoms with Gasteiger partial charge in [0.25, 0.3) is 0 Å². The van der Waals surface area contributed by atoms with Crippen LogP contribution in [0.2, 0.25) is 0 Å². The summed E-state index contributed by atoms with van der Waals surface area (Å²) in [5, 5.41) is 0. The summed E-state index contributed by atoms with van der Waals surface area (Å²) in [6.07, 6.45) is 17.9. The maximum Gasteiger partial charge on any atom is 0.0911 e. The molecule has 4 heteroatoms. The fourth-order valence-corrected chi connectivity index (χ4v) is 10.4. The van der Waals surface area contributed by atoms with E-state index in [4.69, 9.17) is 23.2 Å². The number of benzene rings is 1. The first kappa shape index (κ1) is 22.1. The van der Waals surface area contributed by atoms with Crippen molar-refractivity contribution >= 4 is 32.7 Å². The van der Waals surface area contributed by atoms with Crippen LogP contribution in [-0.2, 0) is 32.6 Å². The monoisotopic (exact) mass is 516 g/mol. The zero-order valence-electron chi connectivity index (χ0n) is 16.9. The Kier molecular flexibility index (Phi) is 6.68. The van der Waals surface area contributed by atoms with Crippen molar-refractivity contribution in [2.45, 2.75) is 66.8 Å². The maximum atomic E-state index is 7.66. The molecule has 5 rings (SSSR count). The summed E-state index contributed by atoms with van der Waals surface area (Å²) in [6, 6.07) is 10.8. The minimum atomic E-state index is -0.863. The fraction of sp³-hybridized carbons (Fsp3) is 0.440. The van der Waals surface area contributed by atoms with Crippen LogP contribution in [0.15, 0.2) is 76.4 Å². The summed E-state index contributed by atoms with van der Waals surface area (Å²) >= 11 is 15.1. The first-order valence-electron chi connectivity index (χ1n) is 10.9. The van der Waals surface area contributed by atoms with Crippen molar-refractivity contribution in [1.82, 2.24) is 0 Å². The van der Waals surface area contributed by atoms with Crippen molar-refractivity contribution in [1.29, 1.82) is 0 Å². The molecule has 0 spiro atoms. The molecule has 150 valence electrons. The van der Waals surface area contributed by atoms with Crippen LogP contribution in [0, 0.1) is 0 Å². The van der Waals surface area contributed by atoms with Crippen molar-refractivity contribution < 1.29 is 26.2 Å². The Morgan fingerprint density at radius 2 is 1.48 bits per heavy atom. The van der Waals surface area contributed by atoms with E-state index >= 15 is 0 Å². The van der Waals surface area contributed by atoms with Crippen molar-refractivity contribution in [2.24, 2.45) is 0 Å². The van der Waals surface area contributed by atoms with Crippen LogP contribution in [0.3, 0.4) is 0 Å². The number of allylic oxidation sites excluding steroid dienone is 8. The Morgan fingerprint density at radius 3 is 2.24 bits per heavy atom. The molecule has 4 aliphatic carbocycles. The van der Waals surface area contributed by atoms with Gasteiger partial charge in [0.15, 0.2) is 0 Å². The molecule has 2 unspecified atom stereocenters. The summed E-state index contributed by atoms with van der Waals surface area (Å²) in [5.74, 6) is 0. The van der Waals surface area contributed by atoms with E-state index in [0.29, 0.717) is 0 Å². The van der Waals surface area contributed by atoms with E-state index in [1.54, 1.807) is 0 Å². The summed E-state index contributed by atoms with van der Waals surface area (Å²) in [6.45, 7) is 0. The van der Waals surface area contributed by atoms with Crippen LogP contribution in [0.25, 0.3) is 0 Å². The van der Waals surface area contributed by atoms with Gasteiger partial charge in [0, 0.05) is 26.2 Å². The quantitative estimate of drug-likeness (QED) is 0.315. The molecular formula is C25H28Cl2SiZr. The van der Waals surface area contributed by atoms with E-state index in [9.17, 15) is 0 Å². The van der Waals surface area contributed by atoms with Crippen molar-refractivity contribution in [3.63, 3.8) is 0 Å². The largest absolute Gasteiger partial charge is 0.114 e.